The lowest BCUT2D eigenvalue weighted by Crippen LogP contribution is -2.28. The molecule has 0 spiro atoms. The number of rotatable bonds is 4. The molecule has 0 amide bonds. The highest BCUT2D eigenvalue weighted by Crippen LogP contribution is 2.36. The van der Waals surface area contributed by atoms with Gasteiger partial charge in [0, 0.05) is 12.5 Å². The van der Waals surface area contributed by atoms with Gasteiger partial charge in [0.25, 0.3) is 0 Å². The Morgan fingerprint density at radius 3 is 2.89 bits per heavy atom. The molecule has 18 heavy (non-hydrogen) atoms. The second-order valence-electron chi connectivity index (χ2n) is 4.49. The molecule has 2 atom stereocenters. The third-order valence-electron chi connectivity index (χ3n) is 3.30. The van der Waals surface area contributed by atoms with Crippen LogP contribution >= 0.6 is 23.2 Å². The minimum Gasteiger partial charge on any atom is -0.485 e. The molecule has 1 aliphatic heterocycles. The van der Waals surface area contributed by atoms with E-state index in [0.29, 0.717) is 10.9 Å². The Hall–Kier alpha value is -0.510. The quantitative estimate of drug-likeness (QED) is 0.850. The second kappa shape index (κ2) is 6.09. The summed E-state index contributed by atoms with van der Waals surface area (Å²) in [5, 5.41) is 3.75. The van der Waals surface area contributed by atoms with E-state index in [2.05, 4.69) is 5.32 Å². The van der Waals surface area contributed by atoms with Gasteiger partial charge in [-0.2, -0.15) is 0 Å². The largest absolute Gasteiger partial charge is 0.485 e. The summed E-state index contributed by atoms with van der Waals surface area (Å²) in [6.07, 6.45) is 1.82. The zero-order valence-electron chi connectivity index (χ0n) is 10.2. The topological polar surface area (TPSA) is 21.3 Å². The summed E-state index contributed by atoms with van der Waals surface area (Å²) in [6.45, 7) is 3.91. The molecule has 0 aliphatic carbocycles. The highest BCUT2D eigenvalue weighted by atomic mass is 35.5. The van der Waals surface area contributed by atoms with Gasteiger partial charge in [0.15, 0.2) is 11.6 Å². The zero-order chi connectivity index (χ0) is 13.1. The van der Waals surface area contributed by atoms with E-state index >= 15 is 0 Å². The molecule has 5 heteroatoms. The van der Waals surface area contributed by atoms with E-state index in [1.165, 1.54) is 12.1 Å². The van der Waals surface area contributed by atoms with Crippen molar-refractivity contribution in [1.29, 1.82) is 0 Å². The first-order valence-electron chi connectivity index (χ1n) is 6.14. The van der Waals surface area contributed by atoms with E-state index < -0.39 is 5.82 Å². The minimum absolute atomic E-state index is 0.0366. The van der Waals surface area contributed by atoms with Gasteiger partial charge >= 0.3 is 0 Å². The monoisotopic (exact) mass is 291 g/mol. The van der Waals surface area contributed by atoms with Crippen LogP contribution in [-0.2, 0) is 0 Å². The highest BCUT2D eigenvalue weighted by molar-refractivity contribution is 6.42. The van der Waals surface area contributed by atoms with E-state index in [-0.39, 0.29) is 16.9 Å². The Morgan fingerprint density at radius 2 is 2.28 bits per heavy atom. The summed E-state index contributed by atoms with van der Waals surface area (Å²) in [5.41, 5.74) is 0. The average Bonchev–Trinajstić information content (AvgIpc) is 2.88. The normalized spacial score (nSPS) is 21.0. The maximum Gasteiger partial charge on any atom is 0.175 e. The van der Waals surface area contributed by atoms with Gasteiger partial charge in [0.1, 0.15) is 11.1 Å². The molecule has 1 aromatic rings. The van der Waals surface area contributed by atoms with Crippen LogP contribution in [0.5, 0.6) is 5.75 Å². The van der Waals surface area contributed by atoms with E-state index in [0.717, 1.165) is 25.9 Å². The van der Waals surface area contributed by atoms with Gasteiger partial charge in [-0.3, -0.25) is 0 Å². The standard InChI is InChI=1S/C13H16Cl2FNO/c1-2-11(8-5-6-17-7-8)18-13-10(16)4-3-9(14)12(13)15/h3-4,8,11,17H,2,5-7H2,1H3/t8?,11-/m1/s1. The molecule has 0 bridgehead atoms. The van der Waals surface area contributed by atoms with Crippen molar-refractivity contribution in [3.63, 3.8) is 0 Å². The summed E-state index contributed by atoms with van der Waals surface area (Å²) in [4.78, 5) is 0. The predicted octanol–water partition coefficient (Wildman–Crippen LogP) is 3.90. The van der Waals surface area contributed by atoms with Crippen molar-refractivity contribution in [1.82, 2.24) is 5.32 Å². The minimum atomic E-state index is -0.464. The van der Waals surface area contributed by atoms with Crippen LogP contribution in [0.15, 0.2) is 12.1 Å². The predicted molar refractivity (Wildman–Crippen MR) is 72.1 cm³/mol. The van der Waals surface area contributed by atoms with Gasteiger partial charge in [-0.05, 0) is 31.5 Å². The molecule has 1 unspecified atom stereocenters. The molecule has 2 nitrogen and oxygen atoms in total. The number of halogens is 3. The van der Waals surface area contributed by atoms with Gasteiger partial charge < -0.3 is 10.1 Å². The van der Waals surface area contributed by atoms with Crippen molar-refractivity contribution in [3.8, 4) is 5.75 Å². The smallest absolute Gasteiger partial charge is 0.175 e. The van der Waals surface area contributed by atoms with Crippen molar-refractivity contribution in [2.75, 3.05) is 13.1 Å². The average molecular weight is 292 g/mol. The lowest BCUT2D eigenvalue weighted by atomic mass is 9.99. The van der Waals surface area contributed by atoms with Crippen molar-refractivity contribution >= 4 is 23.2 Å². The van der Waals surface area contributed by atoms with E-state index in [4.69, 9.17) is 27.9 Å². The maximum absolute atomic E-state index is 13.7. The van der Waals surface area contributed by atoms with Crippen molar-refractivity contribution in [2.24, 2.45) is 5.92 Å². The fourth-order valence-corrected chi connectivity index (χ4v) is 2.62. The first kappa shape index (κ1) is 13.9. The third kappa shape index (κ3) is 2.90. The number of nitrogens with one attached hydrogen (secondary N) is 1. The molecule has 100 valence electrons. The molecule has 0 saturated carbocycles. The molecule has 1 fully saturated rings. The second-order valence-corrected chi connectivity index (χ2v) is 5.27. The van der Waals surface area contributed by atoms with Crippen LogP contribution in [0, 0.1) is 11.7 Å². The van der Waals surface area contributed by atoms with E-state index in [9.17, 15) is 4.39 Å². The van der Waals surface area contributed by atoms with E-state index in [1.54, 1.807) is 0 Å². The molecule has 0 aromatic heterocycles. The SMILES string of the molecule is CC[C@@H](Oc1c(F)ccc(Cl)c1Cl)C1CCNC1. The molecule has 2 rings (SSSR count). The third-order valence-corrected chi connectivity index (χ3v) is 4.08. The fraction of sp³-hybridized carbons (Fsp3) is 0.538. The molecular weight excluding hydrogens is 276 g/mol. The molecular formula is C13H16Cl2FNO. The Morgan fingerprint density at radius 1 is 1.50 bits per heavy atom. The van der Waals surface area contributed by atoms with Crippen molar-refractivity contribution in [2.45, 2.75) is 25.9 Å². The number of benzene rings is 1. The first-order valence-corrected chi connectivity index (χ1v) is 6.90. The van der Waals surface area contributed by atoms with Gasteiger partial charge in [-0.15, -0.1) is 0 Å². The summed E-state index contributed by atoms with van der Waals surface area (Å²) in [7, 11) is 0. The molecule has 0 radical (unpaired) electrons. The summed E-state index contributed by atoms with van der Waals surface area (Å²) >= 11 is 11.9. The maximum atomic E-state index is 13.7. The summed E-state index contributed by atoms with van der Waals surface area (Å²) < 4.78 is 19.5. The van der Waals surface area contributed by atoms with Crippen LogP contribution in [0.4, 0.5) is 4.39 Å². The van der Waals surface area contributed by atoms with Crippen LogP contribution in [-0.4, -0.2) is 19.2 Å². The fourth-order valence-electron chi connectivity index (χ4n) is 2.28. The van der Waals surface area contributed by atoms with Gasteiger partial charge in [-0.25, -0.2) is 4.39 Å². The molecule has 1 heterocycles. The van der Waals surface area contributed by atoms with Crippen LogP contribution in [0.25, 0.3) is 0 Å². The Labute approximate surface area is 116 Å². The van der Waals surface area contributed by atoms with E-state index in [1.807, 2.05) is 6.92 Å². The first-order chi connectivity index (χ1) is 8.63. The van der Waals surface area contributed by atoms with Crippen LogP contribution < -0.4 is 10.1 Å². The molecule has 1 aliphatic rings. The lowest BCUT2D eigenvalue weighted by molar-refractivity contribution is 0.133. The number of hydrogen-bond acceptors (Lipinski definition) is 2. The molecule has 1 aromatic carbocycles. The van der Waals surface area contributed by atoms with Crippen LogP contribution in [0.2, 0.25) is 10.0 Å². The van der Waals surface area contributed by atoms with Crippen LogP contribution in [0.3, 0.4) is 0 Å². The van der Waals surface area contributed by atoms with Crippen molar-refractivity contribution in [3.05, 3.63) is 28.0 Å². The summed E-state index contributed by atoms with van der Waals surface area (Å²) in [5.74, 6) is 0.00108. The van der Waals surface area contributed by atoms with Gasteiger partial charge in [0.05, 0.1) is 5.02 Å². The summed E-state index contributed by atoms with van der Waals surface area (Å²) in [6, 6.07) is 2.72. The van der Waals surface area contributed by atoms with Gasteiger partial charge in [-0.1, -0.05) is 30.1 Å². The number of ether oxygens (including phenoxy) is 1. The highest BCUT2D eigenvalue weighted by Gasteiger charge is 2.27. The van der Waals surface area contributed by atoms with Crippen LogP contribution in [0.1, 0.15) is 19.8 Å². The zero-order valence-corrected chi connectivity index (χ0v) is 11.7. The molecule has 1 N–H and O–H groups in total. The number of hydrogen-bond donors (Lipinski definition) is 1. The van der Waals surface area contributed by atoms with Crippen molar-refractivity contribution < 1.29 is 9.13 Å². The van der Waals surface area contributed by atoms with Gasteiger partial charge in [0.2, 0.25) is 0 Å². The Bertz CT molecular complexity index is 422. The lowest BCUT2D eigenvalue weighted by Gasteiger charge is -2.24. The Kier molecular flexibility index (Phi) is 4.71. The Balaban J connectivity index is 2.18. The molecule has 1 saturated heterocycles.